The van der Waals surface area contributed by atoms with Crippen LogP contribution in [-0.2, 0) is 0 Å². The number of rotatable bonds is 6. The Morgan fingerprint density at radius 1 is 1.33 bits per heavy atom. The molecule has 0 radical (unpaired) electrons. The van der Waals surface area contributed by atoms with Crippen molar-refractivity contribution in [2.24, 2.45) is 0 Å². The molecule has 0 aliphatic carbocycles. The van der Waals surface area contributed by atoms with Crippen LogP contribution in [0.4, 0.5) is 0 Å². The molecule has 0 fully saturated rings. The summed E-state index contributed by atoms with van der Waals surface area (Å²) in [6.45, 7) is 2.02. The van der Waals surface area contributed by atoms with E-state index in [-0.39, 0.29) is 5.78 Å². The van der Waals surface area contributed by atoms with Gasteiger partial charge in [-0.05, 0) is 18.6 Å². The quantitative estimate of drug-likeness (QED) is 0.426. The van der Waals surface area contributed by atoms with E-state index in [1.165, 1.54) is 4.90 Å². The van der Waals surface area contributed by atoms with Gasteiger partial charge in [0.1, 0.15) is 0 Å². The van der Waals surface area contributed by atoms with Crippen LogP contribution in [0.5, 0.6) is 0 Å². The second-order valence-electron chi connectivity index (χ2n) is 3.23. The Kier molecular flexibility index (Phi) is 5.81. The highest BCUT2D eigenvalue weighted by Crippen LogP contribution is 2.19. The van der Waals surface area contributed by atoms with Gasteiger partial charge < -0.3 is 0 Å². The van der Waals surface area contributed by atoms with Crippen LogP contribution in [0.15, 0.2) is 29.2 Å². The molecule has 1 aromatic carbocycles. The molecule has 0 aromatic heterocycles. The van der Waals surface area contributed by atoms with Crippen molar-refractivity contribution >= 4 is 29.1 Å². The Balaban J connectivity index is 2.59. The molecule has 3 heteroatoms. The van der Waals surface area contributed by atoms with Crippen LogP contribution in [0.25, 0.3) is 0 Å². The number of Topliss-reactive ketones (excluding diaryl/α,β-unsaturated/α-hetero) is 1. The molecule has 0 atom stereocenters. The highest BCUT2D eigenvalue weighted by atomic mass is 35.5. The van der Waals surface area contributed by atoms with Gasteiger partial charge >= 0.3 is 0 Å². The minimum atomic E-state index is 0.228. The number of alkyl halides is 1. The standard InChI is InChI=1S/C12H15ClOS/c1-2-3-12(14)10-4-6-11(7-5-10)15-9-8-13/h4-7H,2-3,8-9H2,1H3. The van der Waals surface area contributed by atoms with E-state index in [9.17, 15) is 4.79 Å². The summed E-state index contributed by atoms with van der Waals surface area (Å²) >= 11 is 7.31. The Morgan fingerprint density at radius 2 is 2.00 bits per heavy atom. The summed E-state index contributed by atoms with van der Waals surface area (Å²) in [4.78, 5) is 12.7. The molecule has 1 aromatic rings. The number of benzene rings is 1. The fourth-order valence-corrected chi connectivity index (χ4v) is 2.14. The van der Waals surface area contributed by atoms with Crippen LogP contribution in [-0.4, -0.2) is 17.4 Å². The molecule has 1 nitrogen and oxygen atoms in total. The molecule has 0 aliphatic heterocycles. The molecule has 0 bridgehead atoms. The first-order valence-corrected chi connectivity index (χ1v) is 6.62. The zero-order valence-electron chi connectivity index (χ0n) is 8.83. The van der Waals surface area contributed by atoms with Crippen molar-refractivity contribution < 1.29 is 4.79 Å². The summed E-state index contributed by atoms with van der Waals surface area (Å²) in [6, 6.07) is 7.77. The van der Waals surface area contributed by atoms with Crippen LogP contribution < -0.4 is 0 Å². The van der Waals surface area contributed by atoms with E-state index in [1.807, 2.05) is 31.2 Å². The van der Waals surface area contributed by atoms with Gasteiger partial charge in [0.15, 0.2) is 5.78 Å². The topological polar surface area (TPSA) is 17.1 Å². The van der Waals surface area contributed by atoms with Gasteiger partial charge in [-0.1, -0.05) is 19.1 Å². The molecule has 0 saturated carbocycles. The van der Waals surface area contributed by atoms with Crippen molar-refractivity contribution in [2.75, 3.05) is 11.6 Å². The minimum absolute atomic E-state index is 0.228. The van der Waals surface area contributed by atoms with E-state index < -0.39 is 0 Å². The third-order valence-electron chi connectivity index (χ3n) is 2.00. The predicted octanol–water partition coefficient (Wildman–Crippen LogP) is 4.00. The molecule has 1 rings (SSSR count). The first kappa shape index (κ1) is 12.6. The molecular weight excluding hydrogens is 228 g/mol. The van der Waals surface area contributed by atoms with Gasteiger partial charge in [0.05, 0.1) is 0 Å². The van der Waals surface area contributed by atoms with Crippen LogP contribution in [0, 0.1) is 0 Å². The van der Waals surface area contributed by atoms with Crippen molar-refractivity contribution in [1.29, 1.82) is 0 Å². The average molecular weight is 243 g/mol. The lowest BCUT2D eigenvalue weighted by atomic mass is 10.1. The van der Waals surface area contributed by atoms with Gasteiger partial charge in [-0.15, -0.1) is 23.4 Å². The summed E-state index contributed by atoms with van der Waals surface area (Å²) in [5, 5.41) is 0. The summed E-state index contributed by atoms with van der Waals surface area (Å²) in [6.07, 6.45) is 1.54. The lowest BCUT2D eigenvalue weighted by Gasteiger charge is -2.01. The molecular formula is C12H15ClOS. The second-order valence-corrected chi connectivity index (χ2v) is 4.78. The molecule has 0 amide bonds. The summed E-state index contributed by atoms with van der Waals surface area (Å²) in [5.74, 6) is 1.79. The van der Waals surface area contributed by atoms with Crippen molar-refractivity contribution in [3.8, 4) is 0 Å². The molecule has 0 aliphatic rings. The van der Waals surface area contributed by atoms with E-state index in [0.717, 1.165) is 17.7 Å². The molecule has 0 heterocycles. The van der Waals surface area contributed by atoms with E-state index >= 15 is 0 Å². The maximum Gasteiger partial charge on any atom is 0.162 e. The number of carbonyl (C=O) groups excluding carboxylic acids is 1. The van der Waals surface area contributed by atoms with Crippen molar-refractivity contribution in [3.05, 3.63) is 29.8 Å². The van der Waals surface area contributed by atoms with Gasteiger partial charge in [-0.2, -0.15) is 0 Å². The van der Waals surface area contributed by atoms with Crippen molar-refractivity contribution in [2.45, 2.75) is 24.7 Å². The Labute approximate surface area is 100 Å². The fraction of sp³-hybridized carbons (Fsp3) is 0.417. The lowest BCUT2D eigenvalue weighted by molar-refractivity contribution is 0.0981. The van der Waals surface area contributed by atoms with Crippen LogP contribution in [0.2, 0.25) is 0 Å². The van der Waals surface area contributed by atoms with E-state index in [2.05, 4.69) is 0 Å². The molecule has 0 unspecified atom stereocenters. The Morgan fingerprint density at radius 3 is 2.53 bits per heavy atom. The van der Waals surface area contributed by atoms with E-state index in [4.69, 9.17) is 11.6 Å². The molecule has 15 heavy (non-hydrogen) atoms. The van der Waals surface area contributed by atoms with E-state index in [0.29, 0.717) is 12.3 Å². The Hall–Kier alpha value is -0.470. The maximum atomic E-state index is 11.5. The van der Waals surface area contributed by atoms with Gasteiger partial charge in [0.2, 0.25) is 0 Å². The Bertz CT molecular complexity index is 308. The third-order valence-corrected chi connectivity index (χ3v) is 3.43. The molecule has 0 spiro atoms. The van der Waals surface area contributed by atoms with Gasteiger partial charge in [-0.25, -0.2) is 0 Å². The number of hydrogen-bond acceptors (Lipinski definition) is 2. The number of ketones is 1. The lowest BCUT2D eigenvalue weighted by Crippen LogP contribution is -1.97. The molecule has 0 N–H and O–H groups in total. The van der Waals surface area contributed by atoms with Gasteiger partial charge in [0, 0.05) is 28.5 Å². The zero-order valence-corrected chi connectivity index (χ0v) is 10.4. The highest BCUT2D eigenvalue weighted by Gasteiger charge is 2.03. The van der Waals surface area contributed by atoms with Gasteiger partial charge in [0.25, 0.3) is 0 Å². The van der Waals surface area contributed by atoms with E-state index in [1.54, 1.807) is 11.8 Å². The number of hydrogen-bond donors (Lipinski definition) is 0. The van der Waals surface area contributed by atoms with Crippen LogP contribution >= 0.6 is 23.4 Å². The average Bonchev–Trinajstić information content (AvgIpc) is 2.27. The smallest absolute Gasteiger partial charge is 0.162 e. The van der Waals surface area contributed by atoms with Crippen LogP contribution in [0.3, 0.4) is 0 Å². The molecule has 82 valence electrons. The predicted molar refractivity (Wildman–Crippen MR) is 67.1 cm³/mol. The largest absolute Gasteiger partial charge is 0.294 e. The van der Waals surface area contributed by atoms with Crippen LogP contribution in [0.1, 0.15) is 30.1 Å². The maximum absolute atomic E-state index is 11.5. The van der Waals surface area contributed by atoms with Crippen molar-refractivity contribution in [1.82, 2.24) is 0 Å². The highest BCUT2D eigenvalue weighted by molar-refractivity contribution is 7.99. The third kappa shape index (κ3) is 4.27. The first-order valence-electron chi connectivity index (χ1n) is 5.10. The monoisotopic (exact) mass is 242 g/mol. The summed E-state index contributed by atoms with van der Waals surface area (Å²) < 4.78 is 0. The zero-order chi connectivity index (χ0) is 11.1. The van der Waals surface area contributed by atoms with Gasteiger partial charge in [-0.3, -0.25) is 4.79 Å². The normalized spacial score (nSPS) is 10.3. The SMILES string of the molecule is CCCC(=O)c1ccc(SCCCl)cc1. The summed E-state index contributed by atoms with van der Waals surface area (Å²) in [7, 11) is 0. The summed E-state index contributed by atoms with van der Waals surface area (Å²) in [5.41, 5.74) is 0.812. The first-order chi connectivity index (χ1) is 7.27. The number of halogens is 1. The minimum Gasteiger partial charge on any atom is -0.294 e. The fourth-order valence-electron chi connectivity index (χ4n) is 1.26. The number of thioether (sulfide) groups is 1. The second kappa shape index (κ2) is 6.91. The van der Waals surface area contributed by atoms with Crippen molar-refractivity contribution in [3.63, 3.8) is 0 Å². The number of carbonyl (C=O) groups is 1. The molecule has 0 saturated heterocycles.